The first-order valence-electron chi connectivity index (χ1n) is 10.8. The number of benzene rings is 3. The molecule has 1 N–H and O–H groups in total. The second-order valence-corrected chi connectivity index (χ2v) is 10.0. The van der Waals surface area contributed by atoms with Crippen molar-refractivity contribution in [3.8, 4) is 10.4 Å². The van der Waals surface area contributed by atoms with E-state index < -0.39 is 29.6 Å². The molecule has 0 fully saturated rings. The molecule has 0 saturated carbocycles. The van der Waals surface area contributed by atoms with Crippen molar-refractivity contribution in [1.29, 1.82) is 0 Å². The second-order valence-electron chi connectivity index (χ2n) is 8.03. The van der Waals surface area contributed by atoms with E-state index in [1.165, 1.54) is 46.6 Å². The standard InChI is InChI=1S/C27H19Cl2F2NO3S/c28-18-6-8-22(23(29)13-18)26(33)32(24(27(34)35)10-16-4-2-1-3-5-16)15-21-7-9-25(36-21)17-11-19(30)14-20(31)12-17/h1-9,11-14,24H,10,15H2,(H,34,35)/t24-/m0/s1. The van der Waals surface area contributed by atoms with Crippen LogP contribution in [0.5, 0.6) is 0 Å². The van der Waals surface area contributed by atoms with Gasteiger partial charge >= 0.3 is 5.97 Å². The van der Waals surface area contributed by atoms with E-state index in [-0.39, 0.29) is 23.6 Å². The van der Waals surface area contributed by atoms with Gasteiger partial charge in [-0.25, -0.2) is 13.6 Å². The van der Waals surface area contributed by atoms with Crippen molar-refractivity contribution >= 4 is 46.4 Å². The Balaban J connectivity index is 1.71. The molecule has 0 aliphatic rings. The van der Waals surface area contributed by atoms with Crippen molar-refractivity contribution < 1.29 is 23.5 Å². The number of carboxylic acids is 1. The summed E-state index contributed by atoms with van der Waals surface area (Å²) in [7, 11) is 0. The Morgan fingerprint density at radius 1 is 0.917 bits per heavy atom. The summed E-state index contributed by atoms with van der Waals surface area (Å²) in [5.41, 5.74) is 1.21. The van der Waals surface area contributed by atoms with Gasteiger partial charge in [0.05, 0.1) is 17.1 Å². The number of carbonyl (C=O) groups excluding carboxylic acids is 1. The lowest BCUT2D eigenvalue weighted by atomic mass is 10.0. The molecule has 4 aromatic rings. The van der Waals surface area contributed by atoms with E-state index in [0.29, 0.717) is 20.3 Å². The summed E-state index contributed by atoms with van der Waals surface area (Å²) in [4.78, 5) is 28.5. The fourth-order valence-corrected chi connectivity index (χ4v) is 5.27. The predicted octanol–water partition coefficient (Wildman–Crippen LogP) is 7.34. The van der Waals surface area contributed by atoms with Crippen LogP contribution in [0.25, 0.3) is 10.4 Å². The van der Waals surface area contributed by atoms with Gasteiger partial charge in [-0.15, -0.1) is 11.3 Å². The maximum atomic E-state index is 13.7. The van der Waals surface area contributed by atoms with Crippen molar-refractivity contribution in [2.75, 3.05) is 0 Å². The molecule has 9 heteroatoms. The highest BCUT2D eigenvalue weighted by atomic mass is 35.5. The minimum Gasteiger partial charge on any atom is -0.480 e. The number of aliphatic carboxylic acids is 1. The third kappa shape index (κ3) is 6.10. The van der Waals surface area contributed by atoms with Crippen LogP contribution in [0.2, 0.25) is 10.0 Å². The van der Waals surface area contributed by atoms with Gasteiger partial charge in [0.15, 0.2) is 0 Å². The van der Waals surface area contributed by atoms with E-state index in [0.717, 1.165) is 11.6 Å². The summed E-state index contributed by atoms with van der Waals surface area (Å²) in [6.07, 6.45) is 0.0699. The Bertz CT molecular complexity index is 1390. The van der Waals surface area contributed by atoms with E-state index in [1.807, 2.05) is 6.07 Å². The van der Waals surface area contributed by atoms with Crippen LogP contribution in [0.1, 0.15) is 20.8 Å². The van der Waals surface area contributed by atoms with Gasteiger partial charge in [-0.2, -0.15) is 0 Å². The Hall–Kier alpha value is -3.26. The van der Waals surface area contributed by atoms with Crippen LogP contribution in [0, 0.1) is 11.6 Å². The monoisotopic (exact) mass is 545 g/mol. The number of rotatable bonds is 8. The average molecular weight is 546 g/mol. The largest absolute Gasteiger partial charge is 0.480 e. The Labute approximate surface area is 220 Å². The van der Waals surface area contributed by atoms with E-state index >= 15 is 0 Å². The highest BCUT2D eigenvalue weighted by molar-refractivity contribution is 7.15. The summed E-state index contributed by atoms with van der Waals surface area (Å²) >= 11 is 13.5. The average Bonchev–Trinajstić information content (AvgIpc) is 3.30. The maximum absolute atomic E-state index is 13.7. The fraction of sp³-hybridized carbons (Fsp3) is 0.111. The first kappa shape index (κ1) is 25.8. The predicted molar refractivity (Wildman–Crippen MR) is 138 cm³/mol. The number of thiophene rings is 1. The molecule has 3 aromatic carbocycles. The van der Waals surface area contributed by atoms with Crippen molar-refractivity contribution in [2.45, 2.75) is 19.0 Å². The van der Waals surface area contributed by atoms with Gasteiger partial charge in [0.2, 0.25) is 0 Å². The van der Waals surface area contributed by atoms with Gasteiger partial charge in [-0.1, -0.05) is 53.5 Å². The van der Waals surface area contributed by atoms with Crippen LogP contribution in [0.3, 0.4) is 0 Å². The lowest BCUT2D eigenvalue weighted by Gasteiger charge is -2.29. The third-order valence-corrected chi connectivity index (χ3v) is 7.16. The van der Waals surface area contributed by atoms with Gasteiger partial charge in [0.1, 0.15) is 17.7 Å². The topological polar surface area (TPSA) is 57.6 Å². The third-order valence-electron chi connectivity index (χ3n) is 5.49. The molecule has 1 atom stereocenters. The molecule has 4 rings (SSSR count). The minimum atomic E-state index is -1.20. The summed E-state index contributed by atoms with van der Waals surface area (Å²) in [5.74, 6) is -3.17. The zero-order valence-electron chi connectivity index (χ0n) is 18.6. The van der Waals surface area contributed by atoms with Crippen molar-refractivity contribution in [3.63, 3.8) is 0 Å². The Kier molecular flexibility index (Phi) is 8.04. The molecule has 0 spiro atoms. The number of nitrogens with zero attached hydrogens (tertiary/aromatic N) is 1. The number of hydrogen-bond acceptors (Lipinski definition) is 3. The highest BCUT2D eigenvalue weighted by Crippen LogP contribution is 2.32. The van der Waals surface area contributed by atoms with Crippen LogP contribution < -0.4 is 0 Å². The number of carboxylic acid groups (broad SMARTS) is 1. The Morgan fingerprint density at radius 2 is 1.61 bits per heavy atom. The molecule has 0 bridgehead atoms. The first-order valence-corrected chi connectivity index (χ1v) is 12.4. The number of halogens is 4. The second kappa shape index (κ2) is 11.2. The fourth-order valence-electron chi connectivity index (χ4n) is 3.79. The number of carbonyl (C=O) groups is 2. The van der Waals surface area contributed by atoms with Crippen molar-refractivity contribution in [2.24, 2.45) is 0 Å². The summed E-state index contributed by atoms with van der Waals surface area (Å²) in [5, 5.41) is 10.5. The van der Waals surface area contributed by atoms with Crippen molar-refractivity contribution in [3.05, 3.63) is 117 Å². The molecular weight excluding hydrogens is 527 g/mol. The van der Waals surface area contributed by atoms with Crippen LogP contribution in [-0.2, 0) is 17.8 Å². The molecule has 0 radical (unpaired) electrons. The molecule has 1 heterocycles. The molecule has 0 unspecified atom stereocenters. The first-order chi connectivity index (χ1) is 17.2. The smallest absolute Gasteiger partial charge is 0.326 e. The normalized spacial score (nSPS) is 11.8. The van der Waals surface area contributed by atoms with Crippen LogP contribution in [0.15, 0.2) is 78.9 Å². The van der Waals surface area contributed by atoms with Crippen LogP contribution >= 0.6 is 34.5 Å². The van der Waals surface area contributed by atoms with E-state index in [2.05, 4.69) is 0 Å². The molecule has 0 aliphatic heterocycles. The van der Waals surface area contributed by atoms with Crippen molar-refractivity contribution in [1.82, 2.24) is 4.90 Å². The van der Waals surface area contributed by atoms with Crippen LogP contribution in [0.4, 0.5) is 8.78 Å². The quantitative estimate of drug-likeness (QED) is 0.252. The number of hydrogen-bond donors (Lipinski definition) is 1. The van der Waals surface area contributed by atoms with Crippen LogP contribution in [-0.4, -0.2) is 27.9 Å². The summed E-state index contributed by atoms with van der Waals surface area (Å²) in [6.45, 7) is -0.0515. The summed E-state index contributed by atoms with van der Waals surface area (Å²) < 4.78 is 27.4. The minimum absolute atomic E-state index is 0.0515. The van der Waals surface area contributed by atoms with Gasteiger partial charge in [0.25, 0.3) is 5.91 Å². The molecule has 1 aromatic heterocycles. The molecule has 0 aliphatic carbocycles. The molecular formula is C27H19Cl2F2NO3S. The van der Waals surface area contributed by atoms with Gasteiger partial charge in [0, 0.05) is 27.3 Å². The summed E-state index contributed by atoms with van der Waals surface area (Å²) in [6, 6.07) is 18.7. The van der Waals surface area contributed by atoms with E-state index in [1.54, 1.807) is 36.4 Å². The lowest BCUT2D eigenvalue weighted by Crippen LogP contribution is -2.46. The molecule has 1 amide bonds. The number of amides is 1. The van der Waals surface area contributed by atoms with Gasteiger partial charge in [-0.3, -0.25) is 4.79 Å². The lowest BCUT2D eigenvalue weighted by molar-refractivity contribution is -0.142. The molecule has 0 saturated heterocycles. The van der Waals surface area contributed by atoms with E-state index in [9.17, 15) is 23.5 Å². The van der Waals surface area contributed by atoms with Gasteiger partial charge < -0.3 is 10.0 Å². The van der Waals surface area contributed by atoms with Gasteiger partial charge in [-0.05, 0) is 53.6 Å². The SMILES string of the molecule is O=C(O)[C@H](Cc1ccccc1)N(Cc1ccc(-c2cc(F)cc(F)c2)s1)C(=O)c1ccc(Cl)cc1Cl. The Morgan fingerprint density at radius 3 is 2.25 bits per heavy atom. The molecule has 4 nitrogen and oxygen atoms in total. The van der Waals surface area contributed by atoms with E-state index in [4.69, 9.17) is 23.2 Å². The highest BCUT2D eigenvalue weighted by Gasteiger charge is 2.32. The molecule has 36 heavy (non-hydrogen) atoms. The maximum Gasteiger partial charge on any atom is 0.326 e. The zero-order chi connectivity index (χ0) is 25.8. The zero-order valence-corrected chi connectivity index (χ0v) is 21.0. The molecule has 184 valence electrons.